The summed E-state index contributed by atoms with van der Waals surface area (Å²) in [5.41, 5.74) is 2.64. The van der Waals surface area contributed by atoms with Gasteiger partial charge in [0.15, 0.2) is 0 Å². The third-order valence-corrected chi connectivity index (χ3v) is 2.98. The fraction of sp³-hybridized carbons (Fsp3) is 0.917. The molecule has 0 aliphatic heterocycles. The standard InChI is InChI=1S/C12H26N4O/c1-3-17-9-10(2)14-12(16-13)15-11-7-5-4-6-8-11/h10-11H,3-9,13H2,1-2H3,(H2,14,15,16). The number of rotatable bonds is 5. The number of nitrogens with one attached hydrogen (secondary N) is 2. The first-order valence-corrected chi connectivity index (χ1v) is 6.65. The third-order valence-electron chi connectivity index (χ3n) is 2.98. The van der Waals surface area contributed by atoms with E-state index in [4.69, 9.17) is 10.6 Å². The SMILES string of the molecule is CCOCC(C)NC(=NC1CCCCC1)NN. The van der Waals surface area contributed by atoms with Crippen molar-refractivity contribution >= 4 is 5.96 Å². The van der Waals surface area contributed by atoms with Crippen LogP contribution in [0.5, 0.6) is 0 Å². The number of ether oxygens (including phenoxy) is 1. The minimum absolute atomic E-state index is 0.216. The fourth-order valence-electron chi connectivity index (χ4n) is 2.08. The van der Waals surface area contributed by atoms with E-state index in [1.807, 2.05) is 6.92 Å². The van der Waals surface area contributed by atoms with Crippen LogP contribution >= 0.6 is 0 Å². The van der Waals surface area contributed by atoms with Crippen LogP contribution in [0.1, 0.15) is 46.0 Å². The normalized spacial score (nSPS) is 20.1. The first-order chi connectivity index (χ1) is 8.26. The van der Waals surface area contributed by atoms with Gasteiger partial charge in [-0.25, -0.2) is 10.8 Å². The predicted octanol–water partition coefficient (Wildman–Crippen LogP) is 1.15. The number of aliphatic imine (C=N–C) groups is 1. The van der Waals surface area contributed by atoms with Gasteiger partial charge in [0.2, 0.25) is 5.96 Å². The Kier molecular flexibility index (Phi) is 6.96. The van der Waals surface area contributed by atoms with Gasteiger partial charge in [0.1, 0.15) is 0 Å². The number of nitrogens with two attached hydrogens (primary N) is 1. The lowest BCUT2D eigenvalue weighted by Gasteiger charge is -2.21. The minimum Gasteiger partial charge on any atom is -0.380 e. The molecule has 0 amide bonds. The molecule has 17 heavy (non-hydrogen) atoms. The van der Waals surface area contributed by atoms with Crippen LogP contribution in [0.4, 0.5) is 0 Å². The van der Waals surface area contributed by atoms with Gasteiger partial charge in [0, 0.05) is 12.6 Å². The number of guanidine groups is 1. The molecule has 0 saturated heterocycles. The van der Waals surface area contributed by atoms with Crippen LogP contribution in [0.2, 0.25) is 0 Å². The van der Waals surface area contributed by atoms with Crippen molar-refractivity contribution in [1.29, 1.82) is 0 Å². The van der Waals surface area contributed by atoms with Gasteiger partial charge < -0.3 is 10.1 Å². The van der Waals surface area contributed by atoms with Crippen molar-refractivity contribution in [2.24, 2.45) is 10.8 Å². The molecule has 5 nitrogen and oxygen atoms in total. The van der Waals surface area contributed by atoms with Crippen molar-refractivity contribution < 1.29 is 4.74 Å². The fourth-order valence-corrected chi connectivity index (χ4v) is 2.08. The largest absolute Gasteiger partial charge is 0.380 e. The van der Waals surface area contributed by atoms with Crippen molar-refractivity contribution in [2.45, 2.75) is 58.0 Å². The maximum Gasteiger partial charge on any atom is 0.206 e. The summed E-state index contributed by atoms with van der Waals surface area (Å²) in [6, 6.07) is 0.634. The van der Waals surface area contributed by atoms with Crippen LogP contribution in [0, 0.1) is 0 Å². The van der Waals surface area contributed by atoms with E-state index in [0.29, 0.717) is 18.6 Å². The van der Waals surface area contributed by atoms with Gasteiger partial charge in [0.05, 0.1) is 12.6 Å². The average Bonchev–Trinajstić information content (AvgIpc) is 2.36. The zero-order valence-corrected chi connectivity index (χ0v) is 11.0. The molecule has 0 heterocycles. The molecule has 1 atom stereocenters. The molecule has 4 N–H and O–H groups in total. The molecule has 1 saturated carbocycles. The Morgan fingerprint density at radius 1 is 1.41 bits per heavy atom. The van der Waals surface area contributed by atoms with Gasteiger partial charge >= 0.3 is 0 Å². The first-order valence-electron chi connectivity index (χ1n) is 6.65. The van der Waals surface area contributed by atoms with E-state index in [9.17, 15) is 0 Å². The zero-order valence-electron chi connectivity index (χ0n) is 11.0. The molecule has 1 unspecified atom stereocenters. The van der Waals surface area contributed by atoms with E-state index in [1.54, 1.807) is 0 Å². The Bertz CT molecular complexity index is 227. The lowest BCUT2D eigenvalue weighted by Crippen LogP contribution is -2.47. The Morgan fingerprint density at radius 2 is 2.12 bits per heavy atom. The second-order valence-corrected chi connectivity index (χ2v) is 4.62. The summed E-state index contributed by atoms with van der Waals surface area (Å²) < 4.78 is 5.34. The highest BCUT2D eigenvalue weighted by molar-refractivity contribution is 5.79. The minimum atomic E-state index is 0.216. The van der Waals surface area contributed by atoms with Crippen LogP contribution in [-0.2, 0) is 4.74 Å². The molecule has 100 valence electrons. The maximum atomic E-state index is 5.48. The summed E-state index contributed by atoms with van der Waals surface area (Å²) >= 11 is 0. The Morgan fingerprint density at radius 3 is 2.71 bits per heavy atom. The number of hydrazine groups is 1. The van der Waals surface area contributed by atoms with Crippen molar-refractivity contribution in [3.05, 3.63) is 0 Å². The molecule has 0 bridgehead atoms. The zero-order chi connectivity index (χ0) is 12.5. The van der Waals surface area contributed by atoms with Crippen molar-refractivity contribution in [1.82, 2.24) is 10.7 Å². The summed E-state index contributed by atoms with van der Waals surface area (Å²) in [4.78, 5) is 4.62. The van der Waals surface area contributed by atoms with E-state index in [1.165, 1.54) is 32.1 Å². The molecule has 5 heteroatoms. The lowest BCUT2D eigenvalue weighted by atomic mass is 9.96. The lowest BCUT2D eigenvalue weighted by molar-refractivity contribution is 0.132. The van der Waals surface area contributed by atoms with E-state index in [2.05, 4.69) is 22.7 Å². The summed E-state index contributed by atoms with van der Waals surface area (Å²) in [5.74, 6) is 6.17. The summed E-state index contributed by atoms with van der Waals surface area (Å²) in [6.45, 7) is 5.45. The van der Waals surface area contributed by atoms with Gasteiger partial charge in [-0.05, 0) is 26.7 Å². The number of hydrogen-bond acceptors (Lipinski definition) is 3. The van der Waals surface area contributed by atoms with Crippen LogP contribution in [0.15, 0.2) is 4.99 Å². The summed E-state index contributed by atoms with van der Waals surface area (Å²) in [7, 11) is 0. The monoisotopic (exact) mass is 242 g/mol. The predicted molar refractivity (Wildman–Crippen MR) is 70.7 cm³/mol. The van der Waals surface area contributed by atoms with Crippen molar-refractivity contribution in [3.8, 4) is 0 Å². The van der Waals surface area contributed by atoms with Gasteiger partial charge in [-0.2, -0.15) is 0 Å². The molecule has 0 aromatic rings. The van der Waals surface area contributed by atoms with Gasteiger partial charge in [-0.1, -0.05) is 19.3 Å². The highest BCUT2D eigenvalue weighted by atomic mass is 16.5. The second kappa shape index (κ2) is 8.31. The molecule has 1 aliphatic carbocycles. The van der Waals surface area contributed by atoms with E-state index in [-0.39, 0.29) is 6.04 Å². The second-order valence-electron chi connectivity index (χ2n) is 4.62. The topological polar surface area (TPSA) is 71.7 Å². The highest BCUT2D eigenvalue weighted by Crippen LogP contribution is 2.19. The van der Waals surface area contributed by atoms with Crippen molar-refractivity contribution in [3.63, 3.8) is 0 Å². The first kappa shape index (κ1) is 14.3. The summed E-state index contributed by atoms with van der Waals surface area (Å²) in [5, 5.41) is 3.24. The van der Waals surface area contributed by atoms with Gasteiger partial charge in [-0.3, -0.25) is 5.43 Å². The molecule has 0 aromatic heterocycles. The van der Waals surface area contributed by atoms with Crippen LogP contribution in [-0.4, -0.2) is 31.3 Å². The van der Waals surface area contributed by atoms with Crippen LogP contribution < -0.4 is 16.6 Å². The third kappa shape index (κ3) is 5.89. The van der Waals surface area contributed by atoms with Crippen LogP contribution in [0.3, 0.4) is 0 Å². The van der Waals surface area contributed by atoms with E-state index in [0.717, 1.165) is 6.61 Å². The molecule has 0 radical (unpaired) electrons. The van der Waals surface area contributed by atoms with E-state index < -0.39 is 0 Å². The quantitative estimate of drug-likeness (QED) is 0.293. The van der Waals surface area contributed by atoms with Crippen LogP contribution in [0.25, 0.3) is 0 Å². The Hall–Kier alpha value is -0.810. The highest BCUT2D eigenvalue weighted by Gasteiger charge is 2.13. The Balaban J connectivity index is 2.37. The number of hydrogen-bond donors (Lipinski definition) is 3. The molecule has 1 fully saturated rings. The molecule has 0 spiro atoms. The van der Waals surface area contributed by atoms with Gasteiger partial charge in [-0.15, -0.1) is 0 Å². The molecule has 1 aliphatic rings. The molecular formula is C12H26N4O. The average molecular weight is 242 g/mol. The molecule has 1 rings (SSSR count). The van der Waals surface area contributed by atoms with E-state index >= 15 is 0 Å². The van der Waals surface area contributed by atoms with Gasteiger partial charge in [0.25, 0.3) is 0 Å². The molecular weight excluding hydrogens is 216 g/mol. The smallest absolute Gasteiger partial charge is 0.206 e. The maximum absolute atomic E-state index is 5.48. The van der Waals surface area contributed by atoms with Crippen molar-refractivity contribution in [2.75, 3.05) is 13.2 Å². The Labute approximate surface area is 104 Å². The summed E-state index contributed by atoms with van der Waals surface area (Å²) in [6.07, 6.45) is 6.24. The number of nitrogens with zero attached hydrogens (tertiary/aromatic N) is 1. The molecule has 0 aromatic carbocycles.